The van der Waals surface area contributed by atoms with Crippen LogP contribution in [0.15, 0.2) is 17.0 Å². The first-order valence-corrected chi connectivity index (χ1v) is 9.30. The predicted octanol–water partition coefficient (Wildman–Crippen LogP) is 1.69. The summed E-state index contributed by atoms with van der Waals surface area (Å²) in [5.41, 5.74) is 0. The second kappa shape index (κ2) is 7.66. The van der Waals surface area contributed by atoms with Gasteiger partial charge in [-0.15, -0.1) is 0 Å². The molecule has 134 valence electrons. The number of benzene rings is 1. The van der Waals surface area contributed by atoms with Gasteiger partial charge in [0.2, 0.25) is 10.0 Å². The minimum Gasteiger partial charge on any atom is -0.363 e. The third-order valence-corrected chi connectivity index (χ3v) is 5.99. The highest BCUT2D eigenvalue weighted by Gasteiger charge is 2.32. The molecule has 0 spiro atoms. The Bertz CT molecular complexity index is 720. The molecule has 24 heavy (non-hydrogen) atoms. The fraction of sp³-hybridized carbons (Fsp3) is 0.500. The number of sulfonamides is 1. The molecule has 1 saturated heterocycles. The highest BCUT2D eigenvalue weighted by Crippen LogP contribution is 2.23. The number of hydrogen-bond acceptors (Lipinski definition) is 3. The summed E-state index contributed by atoms with van der Waals surface area (Å²) in [5, 5.41) is 3.58. The first-order valence-electron chi connectivity index (χ1n) is 7.45. The van der Waals surface area contributed by atoms with E-state index in [1.54, 1.807) is 0 Å². The van der Waals surface area contributed by atoms with Crippen LogP contribution in [0.2, 0.25) is 0 Å². The van der Waals surface area contributed by atoms with Crippen molar-refractivity contribution in [3.8, 4) is 0 Å². The zero-order chi connectivity index (χ0) is 17.9. The maximum atomic E-state index is 13.8. The van der Waals surface area contributed by atoms with Crippen molar-refractivity contribution in [3.05, 3.63) is 29.6 Å². The van der Waals surface area contributed by atoms with Crippen molar-refractivity contribution < 1.29 is 21.6 Å². The van der Waals surface area contributed by atoms with Crippen molar-refractivity contribution >= 4 is 27.4 Å². The topological polar surface area (TPSA) is 52.6 Å². The lowest BCUT2D eigenvalue weighted by atomic mass is 10.3. The van der Waals surface area contributed by atoms with Gasteiger partial charge in [-0.3, -0.25) is 0 Å². The largest absolute Gasteiger partial charge is 0.363 e. The van der Waals surface area contributed by atoms with Gasteiger partial charge >= 0.3 is 0 Å². The van der Waals surface area contributed by atoms with E-state index >= 15 is 0 Å². The summed E-state index contributed by atoms with van der Waals surface area (Å²) in [6.07, 6.45) is 0.907. The molecule has 0 bridgehead atoms. The molecule has 2 rings (SSSR count). The molecule has 0 aliphatic carbocycles. The molecule has 1 heterocycles. The summed E-state index contributed by atoms with van der Waals surface area (Å²) in [5.74, 6) is -4.92. The van der Waals surface area contributed by atoms with Crippen LogP contribution in [0.3, 0.4) is 0 Å². The summed E-state index contributed by atoms with van der Waals surface area (Å²) in [6.45, 7) is 3.54. The van der Waals surface area contributed by atoms with E-state index in [0.717, 1.165) is 23.3 Å². The Morgan fingerprint density at radius 2 is 1.79 bits per heavy atom. The second-order valence-electron chi connectivity index (χ2n) is 5.30. The van der Waals surface area contributed by atoms with Crippen LogP contribution in [0.25, 0.3) is 0 Å². The normalized spacial score (nSPS) is 16.2. The van der Waals surface area contributed by atoms with Crippen LogP contribution in [0.1, 0.15) is 13.3 Å². The summed E-state index contributed by atoms with van der Waals surface area (Å²) < 4.78 is 66.0. The van der Waals surface area contributed by atoms with Gasteiger partial charge in [0, 0.05) is 32.7 Å². The summed E-state index contributed by atoms with van der Waals surface area (Å²) in [6, 6.07) is 1.34. The highest BCUT2D eigenvalue weighted by molar-refractivity contribution is 7.89. The van der Waals surface area contributed by atoms with Crippen molar-refractivity contribution in [3.63, 3.8) is 0 Å². The Morgan fingerprint density at radius 3 is 2.38 bits per heavy atom. The fourth-order valence-electron chi connectivity index (χ4n) is 2.32. The van der Waals surface area contributed by atoms with Crippen LogP contribution in [0.5, 0.6) is 0 Å². The minimum atomic E-state index is -4.24. The monoisotopic (exact) mass is 381 g/mol. The van der Waals surface area contributed by atoms with Gasteiger partial charge in [-0.05, 0) is 30.8 Å². The molecule has 0 atom stereocenters. The Kier molecular flexibility index (Phi) is 6.05. The molecule has 0 amide bonds. The van der Waals surface area contributed by atoms with Gasteiger partial charge in [-0.25, -0.2) is 21.6 Å². The van der Waals surface area contributed by atoms with Crippen LogP contribution in [-0.2, 0) is 10.0 Å². The number of thiocarbonyl (C=S) groups is 1. The van der Waals surface area contributed by atoms with E-state index in [-0.39, 0.29) is 13.1 Å². The molecule has 1 fully saturated rings. The van der Waals surface area contributed by atoms with E-state index in [9.17, 15) is 21.6 Å². The first-order chi connectivity index (χ1) is 11.3. The van der Waals surface area contributed by atoms with Gasteiger partial charge in [-0.2, -0.15) is 4.31 Å². The van der Waals surface area contributed by atoms with E-state index in [4.69, 9.17) is 12.2 Å². The third kappa shape index (κ3) is 3.81. The quantitative estimate of drug-likeness (QED) is 0.636. The molecule has 1 N–H and O–H groups in total. The Morgan fingerprint density at radius 1 is 1.17 bits per heavy atom. The molecule has 5 nitrogen and oxygen atoms in total. The van der Waals surface area contributed by atoms with Crippen molar-refractivity contribution in [2.45, 2.75) is 18.2 Å². The van der Waals surface area contributed by atoms with Crippen molar-refractivity contribution in [1.29, 1.82) is 0 Å². The maximum absolute atomic E-state index is 13.8. The number of rotatable bonds is 4. The molecule has 1 aromatic carbocycles. The lowest BCUT2D eigenvalue weighted by molar-refractivity contribution is 0.263. The van der Waals surface area contributed by atoms with Crippen molar-refractivity contribution in [1.82, 2.24) is 14.5 Å². The smallest absolute Gasteiger partial charge is 0.246 e. The average Bonchev–Trinajstić information content (AvgIpc) is 2.57. The molecule has 1 aliphatic rings. The molecular formula is C14H18F3N3O2S2. The Balaban J connectivity index is 2.11. The molecular weight excluding hydrogens is 363 g/mol. The Hall–Kier alpha value is -1.39. The Labute approximate surface area is 144 Å². The lowest BCUT2D eigenvalue weighted by Gasteiger charge is -2.35. The summed E-state index contributed by atoms with van der Waals surface area (Å²) in [7, 11) is -4.24. The van der Waals surface area contributed by atoms with E-state index < -0.39 is 32.4 Å². The van der Waals surface area contributed by atoms with Crippen LogP contribution >= 0.6 is 12.2 Å². The zero-order valence-electron chi connectivity index (χ0n) is 13.1. The van der Waals surface area contributed by atoms with Gasteiger partial charge in [0.15, 0.2) is 22.6 Å². The minimum absolute atomic E-state index is 0.0781. The van der Waals surface area contributed by atoms with Gasteiger partial charge in [0.05, 0.1) is 0 Å². The van der Waals surface area contributed by atoms with Crippen LogP contribution in [-0.4, -0.2) is 55.5 Å². The van der Waals surface area contributed by atoms with Crippen LogP contribution in [0.4, 0.5) is 13.2 Å². The number of halogens is 3. The lowest BCUT2D eigenvalue weighted by Crippen LogP contribution is -2.53. The number of nitrogens with zero attached hydrogens (tertiary/aromatic N) is 2. The molecule has 0 saturated carbocycles. The molecule has 0 unspecified atom stereocenters. The average molecular weight is 381 g/mol. The second-order valence-corrected chi connectivity index (χ2v) is 7.59. The van der Waals surface area contributed by atoms with E-state index in [1.807, 2.05) is 11.8 Å². The maximum Gasteiger partial charge on any atom is 0.246 e. The first kappa shape index (κ1) is 18.9. The van der Waals surface area contributed by atoms with Gasteiger partial charge in [0.1, 0.15) is 4.90 Å². The predicted molar refractivity (Wildman–Crippen MR) is 87.5 cm³/mol. The van der Waals surface area contributed by atoms with E-state index in [2.05, 4.69) is 5.32 Å². The van der Waals surface area contributed by atoms with Gasteiger partial charge in [0.25, 0.3) is 0 Å². The molecule has 0 aromatic heterocycles. The third-order valence-electron chi connectivity index (χ3n) is 3.67. The van der Waals surface area contributed by atoms with Gasteiger partial charge < -0.3 is 10.2 Å². The SMILES string of the molecule is CCCNC(=S)N1CCN(S(=O)(=O)c2ccc(F)c(F)c2F)CC1. The highest BCUT2D eigenvalue weighted by atomic mass is 32.2. The molecule has 0 radical (unpaired) electrons. The molecule has 1 aliphatic heterocycles. The molecule has 1 aromatic rings. The van der Waals surface area contributed by atoms with E-state index in [1.165, 1.54) is 0 Å². The summed E-state index contributed by atoms with van der Waals surface area (Å²) >= 11 is 5.21. The van der Waals surface area contributed by atoms with Crippen LogP contribution in [0, 0.1) is 17.5 Å². The molecule has 10 heteroatoms. The number of hydrogen-bond donors (Lipinski definition) is 1. The van der Waals surface area contributed by atoms with Crippen molar-refractivity contribution in [2.24, 2.45) is 0 Å². The number of piperazine rings is 1. The number of nitrogens with one attached hydrogen (secondary N) is 1. The van der Waals surface area contributed by atoms with Gasteiger partial charge in [-0.1, -0.05) is 6.92 Å². The van der Waals surface area contributed by atoms with Crippen LogP contribution < -0.4 is 5.32 Å². The van der Waals surface area contributed by atoms with Crippen molar-refractivity contribution in [2.75, 3.05) is 32.7 Å². The standard InChI is InChI=1S/C14H18F3N3O2S2/c1-2-5-18-14(23)19-6-8-20(9-7-19)24(21,22)11-4-3-10(15)12(16)13(11)17/h3-4H,2,5-9H2,1H3,(H,18,23). The fourth-order valence-corrected chi connectivity index (χ4v) is 4.08. The zero-order valence-corrected chi connectivity index (χ0v) is 14.7. The van der Waals surface area contributed by atoms with E-state index in [0.29, 0.717) is 24.3 Å². The summed E-state index contributed by atoms with van der Waals surface area (Å²) in [4.78, 5) is 0.958.